The minimum Gasteiger partial charge on any atom is -0.315 e. The minimum atomic E-state index is -0.933. The molecule has 2 N–H and O–H groups in total. The van der Waals surface area contributed by atoms with E-state index < -0.39 is 5.54 Å². The quantitative estimate of drug-likeness (QED) is 0.891. The average molecular weight is 239 g/mol. The van der Waals surface area contributed by atoms with Gasteiger partial charge in [-0.05, 0) is 18.1 Å². The Balaban J connectivity index is 2.18. The molecule has 0 aliphatic rings. The predicted octanol–water partition coefficient (Wildman–Crippen LogP) is 2.67. The molecule has 2 rings (SSSR count). The molecule has 2 aromatic carbocycles. The molecule has 0 fully saturated rings. The van der Waals surface area contributed by atoms with Gasteiger partial charge < -0.3 is 5.73 Å². The van der Waals surface area contributed by atoms with Crippen molar-refractivity contribution in [2.45, 2.75) is 18.9 Å². The highest BCUT2D eigenvalue weighted by Crippen LogP contribution is 2.20. The van der Waals surface area contributed by atoms with Crippen molar-refractivity contribution in [1.82, 2.24) is 0 Å². The third-order valence-electron chi connectivity index (χ3n) is 3.16. The summed E-state index contributed by atoms with van der Waals surface area (Å²) in [6.45, 7) is 1.77. The van der Waals surface area contributed by atoms with Gasteiger partial charge in [0.15, 0.2) is 5.78 Å². The van der Waals surface area contributed by atoms with E-state index in [-0.39, 0.29) is 5.78 Å². The zero-order chi connectivity index (χ0) is 13.0. The van der Waals surface area contributed by atoms with E-state index in [0.717, 1.165) is 11.1 Å². The van der Waals surface area contributed by atoms with Crippen molar-refractivity contribution in [1.29, 1.82) is 0 Å². The Morgan fingerprint density at radius 2 is 1.50 bits per heavy atom. The lowest BCUT2D eigenvalue weighted by molar-refractivity contribution is -0.123. The van der Waals surface area contributed by atoms with Gasteiger partial charge in [0.05, 0.1) is 5.54 Å². The molecule has 1 unspecified atom stereocenters. The highest BCUT2D eigenvalue weighted by Gasteiger charge is 2.29. The van der Waals surface area contributed by atoms with E-state index >= 15 is 0 Å². The molecule has 0 aromatic heterocycles. The SMILES string of the molecule is CC(N)(C(=O)Cc1ccccc1)c1ccccc1. The van der Waals surface area contributed by atoms with Crippen molar-refractivity contribution in [3.8, 4) is 0 Å². The molecule has 0 heterocycles. The molecule has 0 radical (unpaired) electrons. The lowest BCUT2D eigenvalue weighted by atomic mass is 9.86. The molecular formula is C16H17NO. The zero-order valence-electron chi connectivity index (χ0n) is 10.5. The van der Waals surface area contributed by atoms with E-state index in [0.29, 0.717) is 6.42 Å². The predicted molar refractivity (Wildman–Crippen MR) is 73.1 cm³/mol. The van der Waals surface area contributed by atoms with E-state index in [4.69, 9.17) is 5.73 Å². The molecule has 0 spiro atoms. The van der Waals surface area contributed by atoms with Gasteiger partial charge in [-0.3, -0.25) is 4.79 Å². The van der Waals surface area contributed by atoms with Gasteiger partial charge in [-0.15, -0.1) is 0 Å². The molecule has 0 amide bonds. The van der Waals surface area contributed by atoms with Gasteiger partial charge in [-0.25, -0.2) is 0 Å². The Kier molecular flexibility index (Phi) is 3.58. The average Bonchev–Trinajstić information content (AvgIpc) is 2.41. The highest BCUT2D eigenvalue weighted by molar-refractivity contribution is 5.90. The van der Waals surface area contributed by atoms with Crippen LogP contribution in [0.3, 0.4) is 0 Å². The molecule has 2 nitrogen and oxygen atoms in total. The monoisotopic (exact) mass is 239 g/mol. The van der Waals surface area contributed by atoms with Crippen LogP contribution in [0.15, 0.2) is 60.7 Å². The van der Waals surface area contributed by atoms with Crippen molar-refractivity contribution in [3.05, 3.63) is 71.8 Å². The van der Waals surface area contributed by atoms with Crippen LogP contribution >= 0.6 is 0 Å². The van der Waals surface area contributed by atoms with Crippen LogP contribution in [0.5, 0.6) is 0 Å². The van der Waals surface area contributed by atoms with E-state index in [2.05, 4.69) is 0 Å². The maximum Gasteiger partial charge on any atom is 0.161 e. The Labute approximate surface area is 107 Å². The number of hydrogen-bond donors (Lipinski definition) is 1. The van der Waals surface area contributed by atoms with Gasteiger partial charge in [0, 0.05) is 6.42 Å². The molecule has 92 valence electrons. The molecule has 0 aliphatic heterocycles. The summed E-state index contributed by atoms with van der Waals surface area (Å²) in [6.07, 6.45) is 0.364. The van der Waals surface area contributed by atoms with Crippen molar-refractivity contribution < 1.29 is 4.79 Å². The number of carbonyl (C=O) groups excluding carboxylic acids is 1. The number of ketones is 1. The lowest BCUT2D eigenvalue weighted by Gasteiger charge is -2.23. The molecule has 18 heavy (non-hydrogen) atoms. The van der Waals surface area contributed by atoms with Crippen molar-refractivity contribution >= 4 is 5.78 Å². The summed E-state index contributed by atoms with van der Waals surface area (Å²) in [7, 11) is 0. The second-order valence-corrected chi connectivity index (χ2v) is 4.65. The molecule has 0 aliphatic carbocycles. The fourth-order valence-electron chi connectivity index (χ4n) is 1.91. The summed E-state index contributed by atoms with van der Waals surface area (Å²) in [6, 6.07) is 19.2. The van der Waals surface area contributed by atoms with Crippen LogP contribution in [0.4, 0.5) is 0 Å². The normalized spacial score (nSPS) is 13.9. The maximum absolute atomic E-state index is 12.3. The molecule has 0 bridgehead atoms. The van der Waals surface area contributed by atoms with E-state index in [9.17, 15) is 4.79 Å². The summed E-state index contributed by atoms with van der Waals surface area (Å²) >= 11 is 0. The van der Waals surface area contributed by atoms with Gasteiger partial charge in [-0.2, -0.15) is 0 Å². The van der Waals surface area contributed by atoms with Crippen molar-refractivity contribution in [3.63, 3.8) is 0 Å². The van der Waals surface area contributed by atoms with Gasteiger partial charge in [0.1, 0.15) is 0 Å². The number of benzene rings is 2. The van der Waals surface area contributed by atoms with Crippen molar-refractivity contribution in [2.24, 2.45) is 5.73 Å². The van der Waals surface area contributed by atoms with E-state index in [1.54, 1.807) is 6.92 Å². The third-order valence-corrected chi connectivity index (χ3v) is 3.16. The van der Waals surface area contributed by atoms with Crippen LogP contribution in [0.2, 0.25) is 0 Å². The first-order valence-corrected chi connectivity index (χ1v) is 6.02. The van der Waals surface area contributed by atoms with Gasteiger partial charge >= 0.3 is 0 Å². The number of rotatable bonds is 4. The summed E-state index contributed by atoms with van der Waals surface area (Å²) in [4.78, 5) is 12.3. The van der Waals surface area contributed by atoms with Crippen LogP contribution in [0.25, 0.3) is 0 Å². The first-order valence-electron chi connectivity index (χ1n) is 6.02. The van der Waals surface area contributed by atoms with Gasteiger partial charge in [-0.1, -0.05) is 60.7 Å². The van der Waals surface area contributed by atoms with Crippen molar-refractivity contribution in [2.75, 3.05) is 0 Å². The highest BCUT2D eigenvalue weighted by atomic mass is 16.1. The van der Waals surface area contributed by atoms with Gasteiger partial charge in [0.25, 0.3) is 0 Å². The van der Waals surface area contributed by atoms with Crippen LogP contribution < -0.4 is 5.73 Å². The van der Waals surface area contributed by atoms with Crippen LogP contribution in [-0.4, -0.2) is 5.78 Å². The largest absolute Gasteiger partial charge is 0.315 e. The summed E-state index contributed by atoms with van der Waals surface area (Å²) in [5.74, 6) is 0.0277. The molecule has 1 atom stereocenters. The number of carbonyl (C=O) groups is 1. The van der Waals surface area contributed by atoms with Gasteiger partial charge in [0.2, 0.25) is 0 Å². The first kappa shape index (κ1) is 12.5. The second-order valence-electron chi connectivity index (χ2n) is 4.65. The molecule has 0 saturated heterocycles. The van der Waals surface area contributed by atoms with E-state index in [1.807, 2.05) is 60.7 Å². The molecular weight excluding hydrogens is 222 g/mol. The van der Waals surface area contributed by atoms with Crippen LogP contribution in [0.1, 0.15) is 18.1 Å². The summed E-state index contributed by atoms with van der Waals surface area (Å²) in [5, 5.41) is 0. The second kappa shape index (κ2) is 5.15. The Hall–Kier alpha value is -1.93. The number of nitrogens with two attached hydrogens (primary N) is 1. The molecule has 2 aromatic rings. The third kappa shape index (κ3) is 2.66. The van der Waals surface area contributed by atoms with Crippen LogP contribution in [0, 0.1) is 0 Å². The van der Waals surface area contributed by atoms with E-state index in [1.165, 1.54) is 0 Å². The summed E-state index contributed by atoms with van der Waals surface area (Å²) < 4.78 is 0. The lowest BCUT2D eigenvalue weighted by Crippen LogP contribution is -2.42. The fourth-order valence-corrected chi connectivity index (χ4v) is 1.91. The number of hydrogen-bond acceptors (Lipinski definition) is 2. The maximum atomic E-state index is 12.3. The Bertz CT molecular complexity index is 517. The number of Topliss-reactive ketones (excluding diaryl/α,β-unsaturated/α-hetero) is 1. The fraction of sp³-hybridized carbons (Fsp3) is 0.188. The molecule has 2 heteroatoms. The topological polar surface area (TPSA) is 43.1 Å². The van der Waals surface area contributed by atoms with Crippen LogP contribution in [-0.2, 0) is 16.8 Å². The first-order chi connectivity index (χ1) is 8.60. The molecule has 0 saturated carbocycles. The smallest absolute Gasteiger partial charge is 0.161 e. The summed E-state index contributed by atoms with van der Waals surface area (Å²) in [5.41, 5.74) is 7.09. The Morgan fingerprint density at radius 3 is 2.06 bits per heavy atom. The standard InChI is InChI=1S/C16H17NO/c1-16(17,14-10-6-3-7-11-14)15(18)12-13-8-4-2-5-9-13/h2-11H,12,17H2,1H3. The zero-order valence-corrected chi connectivity index (χ0v) is 10.5. The minimum absolute atomic E-state index is 0.0277. The Morgan fingerprint density at radius 1 is 1.00 bits per heavy atom.